The van der Waals surface area contributed by atoms with Crippen molar-refractivity contribution in [3.8, 4) is 5.69 Å². The lowest BCUT2D eigenvalue weighted by Gasteiger charge is -2.19. The standard InChI is InChI=1S/C29H29ClN2O3/c1-16-9-11-24(12-18(16)3)32-21(6)27(29(34)35-7)25(28(32)33)14-22-13-19(4)31(20(22)5)26-15-23(30)10-8-17(26)2/h8-15H,1-7H3/b25-14-. The van der Waals surface area contributed by atoms with Gasteiger partial charge in [0.25, 0.3) is 5.91 Å². The van der Waals surface area contributed by atoms with Crippen LogP contribution in [0.25, 0.3) is 11.8 Å². The summed E-state index contributed by atoms with van der Waals surface area (Å²) in [6.07, 6.45) is 1.79. The van der Waals surface area contributed by atoms with Crippen LogP contribution in [0.3, 0.4) is 0 Å². The van der Waals surface area contributed by atoms with Gasteiger partial charge in [0.05, 0.1) is 18.3 Å². The van der Waals surface area contributed by atoms with Gasteiger partial charge < -0.3 is 9.30 Å². The normalized spacial score (nSPS) is 14.9. The number of carbonyl (C=O) groups is 2. The fourth-order valence-corrected chi connectivity index (χ4v) is 4.81. The summed E-state index contributed by atoms with van der Waals surface area (Å²) in [6.45, 7) is 11.8. The maximum absolute atomic E-state index is 13.7. The molecule has 4 rings (SSSR count). The first-order valence-electron chi connectivity index (χ1n) is 11.4. The van der Waals surface area contributed by atoms with Gasteiger partial charge in [0, 0.05) is 33.5 Å². The minimum atomic E-state index is -0.534. The topological polar surface area (TPSA) is 51.5 Å². The van der Waals surface area contributed by atoms with E-state index in [9.17, 15) is 9.59 Å². The highest BCUT2D eigenvalue weighted by atomic mass is 35.5. The van der Waals surface area contributed by atoms with Crippen LogP contribution in [0.1, 0.15) is 40.6 Å². The summed E-state index contributed by atoms with van der Waals surface area (Å²) in [5.74, 6) is -0.789. The number of rotatable bonds is 4. The van der Waals surface area contributed by atoms with Crippen molar-refractivity contribution in [3.63, 3.8) is 0 Å². The van der Waals surface area contributed by atoms with Crippen LogP contribution in [-0.4, -0.2) is 23.6 Å². The van der Waals surface area contributed by atoms with Gasteiger partial charge in [-0.3, -0.25) is 9.69 Å². The van der Waals surface area contributed by atoms with E-state index in [0.717, 1.165) is 45.0 Å². The Kier molecular flexibility index (Phi) is 6.48. The second-order valence-electron chi connectivity index (χ2n) is 9.01. The highest BCUT2D eigenvalue weighted by molar-refractivity contribution is 6.30. The molecular formula is C29H29ClN2O3. The zero-order valence-electron chi connectivity index (χ0n) is 21.1. The van der Waals surface area contributed by atoms with Gasteiger partial charge >= 0.3 is 5.97 Å². The SMILES string of the molecule is COC(=O)C1=C(C)N(c2ccc(C)c(C)c2)C(=O)/C1=C\c1cc(C)n(-c2cc(Cl)ccc2C)c1C. The van der Waals surface area contributed by atoms with E-state index in [1.807, 2.05) is 77.1 Å². The fraction of sp³-hybridized carbons (Fsp3) is 0.241. The second kappa shape index (κ2) is 9.23. The number of benzene rings is 2. The quantitative estimate of drug-likeness (QED) is 0.309. The Morgan fingerprint density at radius 1 is 0.914 bits per heavy atom. The molecule has 1 amide bonds. The summed E-state index contributed by atoms with van der Waals surface area (Å²) in [5.41, 5.74) is 8.92. The van der Waals surface area contributed by atoms with Gasteiger partial charge in [0.2, 0.25) is 0 Å². The van der Waals surface area contributed by atoms with E-state index in [1.54, 1.807) is 17.9 Å². The van der Waals surface area contributed by atoms with Crippen LogP contribution in [0.2, 0.25) is 5.02 Å². The third kappa shape index (κ3) is 4.21. The number of halogens is 1. The molecule has 0 spiro atoms. The average Bonchev–Trinajstić information content (AvgIpc) is 3.23. The van der Waals surface area contributed by atoms with Crippen molar-refractivity contribution in [2.75, 3.05) is 12.0 Å². The lowest BCUT2D eigenvalue weighted by atomic mass is 10.0. The van der Waals surface area contributed by atoms with Gasteiger partial charge in [-0.2, -0.15) is 0 Å². The minimum absolute atomic E-state index is 0.255. The Hall–Kier alpha value is -3.57. The Balaban J connectivity index is 1.87. The van der Waals surface area contributed by atoms with Crippen molar-refractivity contribution in [2.45, 2.75) is 41.5 Å². The molecule has 2 aromatic carbocycles. The molecule has 0 atom stereocenters. The first-order chi connectivity index (χ1) is 16.5. The molecule has 0 bridgehead atoms. The van der Waals surface area contributed by atoms with Crippen LogP contribution in [0, 0.1) is 34.6 Å². The Morgan fingerprint density at radius 2 is 1.60 bits per heavy atom. The third-order valence-electron chi connectivity index (χ3n) is 6.72. The van der Waals surface area contributed by atoms with Crippen molar-refractivity contribution >= 4 is 35.2 Å². The Labute approximate surface area is 211 Å². The molecule has 0 saturated heterocycles. The zero-order valence-corrected chi connectivity index (χ0v) is 21.9. The largest absolute Gasteiger partial charge is 0.465 e. The molecule has 180 valence electrons. The Bertz CT molecular complexity index is 1440. The van der Waals surface area contributed by atoms with Crippen LogP contribution < -0.4 is 4.90 Å². The number of ether oxygens (including phenoxy) is 1. The van der Waals surface area contributed by atoms with E-state index in [2.05, 4.69) is 4.57 Å². The molecule has 5 nitrogen and oxygen atoms in total. The smallest absolute Gasteiger partial charge is 0.340 e. The van der Waals surface area contributed by atoms with E-state index in [4.69, 9.17) is 16.3 Å². The van der Waals surface area contributed by atoms with Gasteiger partial charge in [0.15, 0.2) is 0 Å². The van der Waals surface area contributed by atoms with E-state index in [1.165, 1.54) is 7.11 Å². The van der Waals surface area contributed by atoms with Crippen molar-refractivity contribution in [1.82, 2.24) is 4.57 Å². The molecular weight excluding hydrogens is 460 g/mol. The molecule has 35 heavy (non-hydrogen) atoms. The highest BCUT2D eigenvalue weighted by Crippen LogP contribution is 2.37. The summed E-state index contributed by atoms with van der Waals surface area (Å²) in [6, 6.07) is 13.6. The predicted octanol–water partition coefficient (Wildman–Crippen LogP) is 6.55. The molecule has 1 aliphatic heterocycles. The van der Waals surface area contributed by atoms with E-state index < -0.39 is 5.97 Å². The number of allylic oxidation sites excluding steroid dienone is 1. The van der Waals surface area contributed by atoms with E-state index in [0.29, 0.717) is 16.3 Å². The van der Waals surface area contributed by atoms with E-state index >= 15 is 0 Å². The summed E-state index contributed by atoms with van der Waals surface area (Å²) in [4.78, 5) is 28.1. The van der Waals surface area contributed by atoms with Crippen molar-refractivity contribution in [1.29, 1.82) is 0 Å². The van der Waals surface area contributed by atoms with Gasteiger partial charge in [-0.15, -0.1) is 0 Å². The van der Waals surface area contributed by atoms with Gasteiger partial charge in [0.1, 0.15) is 0 Å². The summed E-state index contributed by atoms with van der Waals surface area (Å²) in [5, 5.41) is 0.652. The third-order valence-corrected chi connectivity index (χ3v) is 6.96. The number of amides is 1. The van der Waals surface area contributed by atoms with Crippen LogP contribution in [-0.2, 0) is 14.3 Å². The number of anilines is 1. The molecule has 0 aliphatic carbocycles. The predicted molar refractivity (Wildman–Crippen MR) is 141 cm³/mol. The number of aromatic nitrogens is 1. The average molecular weight is 489 g/mol. The van der Waals surface area contributed by atoms with Crippen LogP contribution in [0.5, 0.6) is 0 Å². The summed E-state index contributed by atoms with van der Waals surface area (Å²) < 4.78 is 7.18. The highest BCUT2D eigenvalue weighted by Gasteiger charge is 2.38. The number of hydrogen-bond donors (Lipinski definition) is 0. The number of hydrogen-bond acceptors (Lipinski definition) is 3. The second-order valence-corrected chi connectivity index (χ2v) is 9.45. The fourth-order valence-electron chi connectivity index (χ4n) is 4.64. The van der Waals surface area contributed by atoms with Gasteiger partial charge in [-0.05, 0) is 100 Å². The number of aryl methyl sites for hydroxylation is 4. The molecule has 1 aliphatic rings. The van der Waals surface area contributed by atoms with Crippen LogP contribution in [0.15, 0.2) is 59.3 Å². The lowest BCUT2D eigenvalue weighted by molar-refractivity contribution is -0.136. The maximum atomic E-state index is 13.7. The zero-order chi connectivity index (χ0) is 25.6. The summed E-state index contributed by atoms with van der Waals surface area (Å²) in [7, 11) is 1.33. The number of nitrogens with zero attached hydrogens (tertiary/aromatic N) is 2. The number of methoxy groups -OCH3 is 1. The monoisotopic (exact) mass is 488 g/mol. The number of esters is 1. The molecule has 0 unspecified atom stereocenters. The van der Waals surface area contributed by atoms with Gasteiger partial charge in [-0.1, -0.05) is 23.7 Å². The van der Waals surface area contributed by atoms with E-state index in [-0.39, 0.29) is 11.5 Å². The lowest BCUT2D eigenvalue weighted by Crippen LogP contribution is -2.24. The molecule has 0 radical (unpaired) electrons. The van der Waals surface area contributed by atoms with Crippen molar-refractivity contribution in [3.05, 3.63) is 98.0 Å². The van der Waals surface area contributed by atoms with Crippen molar-refractivity contribution < 1.29 is 14.3 Å². The minimum Gasteiger partial charge on any atom is -0.465 e. The summed E-state index contributed by atoms with van der Waals surface area (Å²) >= 11 is 6.28. The molecule has 0 saturated carbocycles. The van der Waals surface area contributed by atoms with Crippen LogP contribution in [0.4, 0.5) is 5.69 Å². The van der Waals surface area contributed by atoms with Gasteiger partial charge in [-0.25, -0.2) is 4.79 Å². The first-order valence-corrected chi connectivity index (χ1v) is 11.8. The molecule has 6 heteroatoms. The first kappa shape index (κ1) is 24.6. The van der Waals surface area contributed by atoms with Crippen LogP contribution >= 0.6 is 11.6 Å². The number of carbonyl (C=O) groups excluding carboxylic acids is 2. The molecule has 3 aromatic rings. The molecule has 2 heterocycles. The molecule has 0 N–H and O–H groups in total. The molecule has 0 fully saturated rings. The molecule has 1 aromatic heterocycles. The Morgan fingerprint density at radius 3 is 2.26 bits per heavy atom. The maximum Gasteiger partial charge on any atom is 0.340 e. The van der Waals surface area contributed by atoms with Crippen molar-refractivity contribution in [2.24, 2.45) is 0 Å².